The summed E-state index contributed by atoms with van der Waals surface area (Å²) >= 11 is 0. The number of esters is 1. The number of imidazole rings is 2. The fourth-order valence-corrected chi connectivity index (χ4v) is 6.78. The van der Waals surface area contributed by atoms with Gasteiger partial charge in [0.1, 0.15) is 54.6 Å². The third-order valence-electron chi connectivity index (χ3n) is 7.35. The number of hydrogen-bond acceptors (Lipinski definition) is 20. The van der Waals surface area contributed by atoms with Crippen molar-refractivity contribution in [3.63, 3.8) is 0 Å². The van der Waals surface area contributed by atoms with Crippen molar-refractivity contribution in [3.8, 4) is 0 Å². The van der Waals surface area contributed by atoms with Crippen molar-refractivity contribution in [1.82, 2.24) is 39.0 Å². The van der Waals surface area contributed by atoms with Gasteiger partial charge in [0.15, 0.2) is 29.2 Å². The highest BCUT2D eigenvalue weighted by Crippen LogP contribution is 2.50. The van der Waals surface area contributed by atoms with Gasteiger partial charge in [-0.1, -0.05) is 0 Å². The van der Waals surface area contributed by atoms with E-state index in [2.05, 4.69) is 29.9 Å². The third kappa shape index (κ3) is 7.49. The van der Waals surface area contributed by atoms with E-state index in [0.717, 1.165) is 6.33 Å². The minimum atomic E-state index is -5.01. The van der Waals surface area contributed by atoms with Crippen LogP contribution in [0.3, 0.4) is 0 Å². The molecule has 1 fully saturated rings. The van der Waals surface area contributed by atoms with Crippen molar-refractivity contribution in [2.24, 2.45) is 0 Å². The molecule has 0 amide bonds. The molecule has 274 valence electrons. The van der Waals surface area contributed by atoms with Gasteiger partial charge in [-0.2, -0.15) is 0 Å². The van der Waals surface area contributed by atoms with E-state index < -0.39 is 64.6 Å². The molecule has 1 saturated heterocycles. The fraction of sp³-hybridized carbons (Fsp3) is 0.400. The summed E-state index contributed by atoms with van der Waals surface area (Å²) in [5.74, 6) is -1.65. The number of fused-ring (bicyclic) bond motifs is 2. The van der Waals surface area contributed by atoms with Crippen LogP contribution in [0.2, 0.25) is 0 Å². The average molecular weight is 757 g/mol. The maximum absolute atomic E-state index is 13.2. The molecule has 7 N–H and O–H groups in total. The molecule has 0 bridgehead atoms. The summed E-state index contributed by atoms with van der Waals surface area (Å²) < 4.78 is 70.4. The van der Waals surface area contributed by atoms with E-state index in [1.165, 1.54) is 37.8 Å². The van der Waals surface area contributed by atoms with Crippen LogP contribution in [0.1, 0.15) is 6.23 Å². The first kappa shape index (κ1) is 36.0. The van der Waals surface area contributed by atoms with Gasteiger partial charge < -0.3 is 54.2 Å². The first-order valence-corrected chi connectivity index (χ1v) is 17.7. The minimum absolute atomic E-state index is 0.0272. The Hall–Kier alpha value is -4.77. The second-order valence-corrected chi connectivity index (χ2v) is 13.7. The van der Waals surface area contributed by atoms with E-state index in [-0.39, 0.29) is 47.5 Å². The Balaban J connectivity index is 1.15. The molecule has 3 unspecified atom stereocenters. The molecule has 2 aliphatic rings. The number of cyclic esters (lactones) is 1. The van der Waals surface area contributed by atoms with E-state index in [9.17, 15) is 28.8 Å². The highest BCUT2D eigenvalue weighted by Gasteiger charge is 2.50. The van der Waals surface area contributed by atoms with Gasteiger partial charge in [-0.25, -0.2) is 39.3 Å². The number of aromatic nitrogens is 8. The quantitative estimate of drug-likeness (QED) is 0.0448. The molecule has 2 aliphatic heterocycles. The Bertz CT molecular complexity index is 2110. The molecule has 6 rings (SSSR count). The van der Waals surface area contributed by atoms with E-state index in [1.54, 1.807) is 4.57 Å². The Kier molecular flexibility index (Phi) is 10.2. The van der Waals surface area contributed by atoms with Gasteiger partial charge in [-0.15, -0.1) is 0 Å². The van der Waals surface area contributed by atoms with Crippen LogP contribution in [-0.4, -0.2) is 112 Å². The zero-order chi connectivity index (χ0) is 36.5. The molecule has 0 saturated carbocycles. The molecule has 4 aromatic heterocycles. The Morgan fingerprint density at radius 2 is 1.75 bits per heavy atom. The van der Waals surface area contributed by atoms with Crippen LogP contribution in [0, 0.1) is 0 Å². The van der Waals surface area contributed by atoms with Crippen molar-refractivity contribution >= 4 is 55.4 Å². The lowest BCUT2D eigenvalue weighted by Gasteiger charge is -2.24. The summed E-state index contributed by atoms with van der Waals surface area (Å²) in [6.45, 7) is -0.792. The number of nitrogens with two attached hydrogens (primary N) is 2. The van der Waals surface area contributed by atoms with E-state index in [1.807, 2.05) is 0 Å². The zero-order valence-corrected chi connectivity index (χ0v) is 28.3. The van der Waals surface area contributed by atoms with Crippen LogP contribution >= 0.6 is 15.4 Å². The van der Waals surface area contributed by atoms with E-state index in [4.69, 9.17) is 48.7 Å². The zero-order valence-electron chi connectivity index (χ0n) is 26.5. The Labute approximate surface area is 285 Å². The predicted molar refractivity (Wildman–Crippen MR) is 167 cm³/mol. The Morgan fingerprint density at radius 1 is 1.00 bits per heavy atom. The lowest BCUT2D eigenvalue weighted by Crippen LogP contribution is -2.36. The van der Waals surface area contributed by atoms with Crippen LogP contribution in [0.4, 0.5) is 11.6 Å². The standard InChI is InChI=1S/C25H30N10O14P2/c1-42-18-13(48-25(37)19(18)43-2)6-46-51(40,41)45-5-12-17(16(36)24(47-12)35-10-32-14-20(26)28-8-31-23(14)35)49-50(38,39)11-44-4-3-34-9-33-22-15(34)21(27)29-7-30-22/h6-10,12,16-17,24,36H,3-5,11H2,1-2H3,(H,38,39)(H,40,41)(H2,26,28,31)(H2,27,29,30)/b13-6-/t12-,16?,17+,24-/m1/s1. The minimum Gasteiger partial charge on any atom is -0.489 e. The smallest absolute Gasteiger partial charge is 0.489 e. The second-order valence-electron chi connectivity index (χ2n) is 10.6. The van der Waals surface area contributed by atoms with Crippen molar-refractivity contribution in [1.29, 1.82) is 0 Å². The molecule has 51 heavy (non-hydrogen) atoms. The largest absolute Gasteiger partial charge is 0.527 e. The van der Waals surface area contributed by atoms with Crippen LogP contribution in [0.25, 0.3) is 22.3 Å². The summed E-state index contributed by atoms with van der Waals surface area (Å²) in [6, 6.07) is 0. The fourth-order valence-electron chi connectivity index (χ4n) is 5.09. The van der Waals surface area contributed by atoms with Crippen molar-refractivity contribution < 1.29 is 66.1 Å². The van der Waals surface area contributed by atoms with Crippen molar-refractivity contribution in [2.75, 3.05) is 45.2 Å². The molecule has 0 aromatic carbocycles. The second kappa shape index (κ2) is 14.5. The van der Waals surface area contributed by atoms with Gasteiger partial charge in [-0.05, 0) is 0 Å². The number of aliphatic hydroxyl groups is 1. The maximum Gasteiger partial charge on any atom is 0.527 e. The summed E-state index contributed by atoms with van der Waals surface area (Å²) in [4.78, 5) is 57.2. The van der Waals surface area contributed by atoms with Crippen molar-refractivity contribution in [3.05, 3.63) is 48.8 Å². The normalized spacial score (nSPS) is 23.9. The summed E-state index contributed by atoms with van der Waals surface area (Å²) in [6.07, 6.45) is -1.40. The number of aliphatic hydroxyl groups excluding tert-OH is 1. The number of nitrogens with zero attached hydrogens (tertiary/aromatic N) is 8. The number of nitrogen functional groups attached to an aromatic ring is 2. The number of ether oxygens (including phenoxy) is 5. The van der Waals surface area contributed by atoms with E-state index >= 15 is 0 Å². The van der Waals surface area contributed by atoms with Gasteiger partial charge in [0, 0.05) is 6.54 Å². The number of phosphoric acid groups is 1. The highest BCUT2D eigenvalue weighted by atomic mass is 31.2. The summed E-state index contributed by atoms with van der Waals surface area (Å²) in [7, 11) is -7.31. The SMILES string of the molecule is COC1=C(OC)/C(=C/OP(=O)(O)OC[C@H]2O[C@@H](n3cnc4c(N)ncnc43)C(O)[C@H]2OP(=O)(O)COCCn2cnc3ncnc(N)c32)OC1=O. The molecule has 0 aliphatic carbocycles. The molecule has 4 aromatic rings. The number of carbonyl (C=O) groups is 1. The molecule has 26 heteroatoms. The lowest BCUT2D eigenvalue weighted by atomic mass is 10.1. The van der Waals surface area contributed by atoms with E-state index in [0.29, 0.717) is 17.4 Å². The number of phosphoric ester groups is 1. The maximum atomic E-state index is 13.2. The first-order valence-electron chi connectivity index (χ1n) is 14.5. The van der Waals surface area contributed by atoms with Crippen molar-refractivity contribution in [2.45, 2.75) is 31.1 Å². The molecular formula is C25H30N10O14P2. The number of methoxy groups -OCH3 is 2. The predicted octanol–water partition coefficient (Wildman–Crippen LogP) is -0.330. The van der Waals surface area contributed by atoms with Gasteiger partial charge in [0.2, 0.25) is 11.5 Å². The number of anilines is 2. The monoisotopic (exact) mass is 756 g/mol. The van der Waals surface area contributed by atoms with Gasteiger partial charge in [0.05, 0.1) is 40.1 Å². The van der Waals surface area contributed by atoms with Gasteiger partial charge >= 0.3 is 21.4 Å². The molecule has 24 nitrogen and oxygen atoms in total. The average Bonchev–Trinajstić information content (AvgIpc) is 3.85. The Morgan fingerprint density at radius 3 is 2.51 bits per heavy atom. The number of rotatable bonds is 15. The third-order valence-corrected chi connectivity index (χ3v) is 9.28. The van der Waals surface area contributed by atoms with Crippen LogP contribution < -0.4 is 11.5 Å². The molecule has 0 radical (unpaired) electrons. The molecule has 0 spiro atoms. The van der Waals surface area contributed by atoms with Gasteiger partial charge in [0.25, 0.3) is 5.76 Å². The lowest BCUT2D eigenvalue weighted by molar-refractivity contribution is -0.136. The molecule has 6 atom stereocenters. The number of hydrogen-bond donors (Lipinski definition) is 5. The first-order chi connectivity index (χ1) is 24.3. The number of carbonyl (C=O) groups excluding carboxylic acids is 1. The van der Waals surface area contributed by atoms with Crippen LogP contribution in [-0.2, 0) is 57.7 Å². The van der Waals surface area contributed by atoms with Gasteiger partial charge in [-0.3, -0.25) is 23.1 Å². The molecular weight excluding hydrogens is 726 g/mol. The van der Waals surface area contributed by atoms with Crippen LogP contribution in [0.15, 0.2) is 48.8 Å². The van der Waals surface area contributed by atoms with Crippen LogP contribution in [0.5, 0.6) is 0 Å². The summed E-state index contributed by atoms with van der Waals surface area (Å²) in [5.41, 5.74) is 12.9. The topological polar surface area (TPSA) is 325 Å². The molecule has 6 heterocycles. The highest BCUT2D eigenvalue weighted by molar-refractivity contribution is 7.52. The summed E-state index contributed by atoms with van der Waals surface area (Å²) in [5, 5.41) is 11.3.